The number of hydrogen-bond acceptors (Lipinski definition) is 6. The molecule has 0 bridgehead atoms. The van der Waals surface area contributed by atoms with Crippen molar-refractivity contribution >= 4 is 17.4 Å². The molecule has 0 atom stereocenters. The summed E-state index contributed by atoms with van der Waals surface area (Å²) in [6, 6.07) is 4.37. The van der Waals surface area contributed by atoms with Crippen LogP contribution in [0.2, 0.25) is 0 Å². The number of imidazole rings is 1. The Kier molecular flexibility index (Phi) is 2.10. The van der Waals surface area contributed by atoms with Crippen molar-refractivity contribution < 1.29 is 0 Å². The molecule has 18 heavy (non-hydrogen) atoms. The minimum absolute atomic E-state index is 0.617. The molecule has 0 radical (unpaired) electrons. The monoisotopic (exact) mass is 259 g/mol. The molecule has 1 aliphatic carbocycles. The van der Waals surface area contributed by atoms with E-state index in [-0.39, 0.29) is 0 Å². The van der Waals surface area contributed by atoms with Gasteiger partial charge in [-0.3, -0.25) is 0 Å². The summed E-state index contributed by atoms with van der Waals surface area (Å²) in [5, 5.41) is 17.3. The molecule has 1 fully saturated rings. The molecule has 90 valence electrons. The molecule has 1 aliphatic rings. The Hall–Kier alpha value is -1.96. The van der Waals surface area contributed by atoms with E-state index in [0.29, 0.717) is 11.7 Å². The lowest BCUT2D eigenvalue weighted by molar-refractivity contribution is 0.659. The molecule has 0 unspecified atom stereocenters. The normalized spacial score (nSPS) is 15.3. The summed E-state index contributed by atoms with van der Waals surface area (Å²) in [4.78, 5) is 4.37. The zero-order chi connectivity index (χ0) is 11.9. The topological polar surface area (TPSA) is 73.8 Å². The van der Waals surface area contributed by atoms with Crippen LogP contribution < -0.4 is 0 Å². The van der Waals surface area contributed by atoms with Crippen molar-refractivity contribution in [2.24, 2.45) is 0 Å². The fourth-order valence-electron chi connectivity index (χ4n) is 1.79. The Morgan fingerprint density at radius 3 is 3.11 bits per heavy atom. The quantitative estimate of drug-likeness (QED) is 0.703. The number of aromatic nitrogens is 7. The zero-order valence-electron chi connectivity index (χ0n) is 9.34. The van der Waals surface area contributed by atoms with E-state index in [4.69, 9.17) is 0 Å². The second-order valence-electron chi connectivity index (χ2n) is 4.15. The van der Waals surface area contributed by atoms with Crippen molar-refractivity contribution in [3.8, 4) is 0 Å². The van der Waals surface area contributed by atoms with Crippen LogP contribution in [-0.4, -0.2) is 34.8 Å². The van der Waals surface area contributed by atoms with Crippen LogP contribution in [0.25, 0.3) is 5.65 Å². The molecule has 8 heteroatoms. The van der Waals surface area contributed by atoms with Crippen LogP contribution in [-0.2, 0) is 0 Å². The molecule has 0 amide bonds. The number of nitrogens with zero attached hydrogens (tertiary/aromatic N) is 7. The second kappa shape index (κ2) is 3.77. The van der Waals surface area contributed by atoms with E-state index in [1.165, 1.54) is 29.2 Å². The molecule has 3 aromatic heterocycles. The van der Waals surface area contributed by atoms with Crippen molar-refractivity contribution in [2.45, 2.75) is 29.1 Å². The van der Waals surface area contributed by atoms with Gasteiger partial charge in [-0.1, -0.05) is 0 Å². The molecule has 0 aromatic carbocycles. The van der Waals surface area contributed by atoms with Crippen LogP contribution in [0, 0.1) is 0 Å². The summed E-state index contributed by atoms with van der Waals surface area (Å²) in [5.74, 6) is 0. The van der Waals surface area contributed by atoms with Gasteiger partial charge in [-0.15, -0.1) is 14.8 Å². The number of rotatable bonds is 3. The Balaban J connectivity index is 1.68. The molecule has 0 aliphatic heterocycles. The Morgan fingerprint density at radius 1 is 1.28 bits per heavy atom. The van der Waals surface area contributed by atoms with E-state index >= 15 is 0 Å². The van der Waals surface area contributed by atoms with Gasteiger partial charge in [0.05, 0.1) is 0 Å². The molecule has 0 N–H and O–H groups in total. The maximum Gasteiger partial charge on any atom is 0.200 e. The maximum absolute atomic E-state index is 4.37. The van der Waals surface area contributed by atoms with Gasteiger partial charge in [-0.2, -0.15) is 0 Å². The largest absolute Gasteiger partial charge is 0.323 e. The Labute approximate surface area is 106 Å². The van der Waals surface area contributed by atoms with Crippen molar-refractivity contribution in [1.82, 2.24) is 34.8 Å². The first-order valence-corrected chi connectivity index (χ1v) is 6.48. The average Bonchev–Trinajstić information content (AvgIpc) is 2.95. The Morgan fingerprint density at radius 2 is 2.22 bits per heavy atom. The highest BCUT2D eigenvalue weighted by atomic mass is 32.2. The summed E-state index contributed by atoms with van der Waals surface area (Å²) in [7, 11) is 0. The lowest BCUT2D eigenvalue weighted by Crippen LogP contribution is -1.98. The van der Waals surface area contributed by atoms with Gasteiger partial charge in [0.15, 0.2) is 10.8 Å². The van der Waals surface area contributed by atoms with Crippen molar-refractivity contribution in [3.05, 3.63) is 24.5 Å². The summed E-state index contributed by atoms with van der Waals surface area (Å²) in [6.07, 6.45) is 6.33. The number of tetrazole rings is 1. The third-order valence-corrected chi connectivity index (χ3v) is 3.74. The third kappa shape index (κ3) is 1.65. The van der Waals surface area contributed by atoms with E-state index in [1.807, 2.05) is 24.5 Å². The van der Waals surface area contributed by atoms with Gasteiger partial charge in [0.25, 0.3) is 0 Å². The van der Waals surface area contributed by atoms with Crippen LogP contribution >= 0.6 is 11.8 Å². The van der Waals surface area contributed by atoms with Crippen LogP contribution in [0.1, 0.15) is 18.9 Å². The first-order chi connectivity index (χ1) is 8.90. The summed E-state index contributed by atoms with van der Waals surface area (Å²) < 4.78 is 3.63. The molecule has 7 nitrogen and oxygen atoms in total. The molecule has 0 spiro atoms. The summed E-state index contributed by atoms with van der Waals surface area (Å²) in [6.45, 7) is 0. The predicted molar refractivity (Wildman–Crippen MR) is 63.2 cm³/mol. The van der Waals surface area contributed by atoms with Crippen molar-refractivity contribution in [1.29, 1.82) is 0 Å². The lowest BCUT2D eigenvalue weighted by Gasteiger charge is -2.04. The average molecular weight is 259 g/mol. The standard InChI is InChI=1S/C10H9N7S/c1-2-7(1)16-6-5-11-10(16)18-9-4-3-8-12-14-15-17(8)13-9/h3-7H,1-2H2. The molecular formula is C10H9N7S. The van der Waals surface area contributed by atoms with Gasteiger partial charge in [-0.25, -0.2) is 4.98 Å². The van der Waals surface area contributed by atoms with Gasteiger partial charge in [0, 0.05) is 18.4 Å². The van der Waals surface area contributed by atoms with E-state index in [9.17, 15) is 0 Å². The van der Waals surface area contributed by atoms with Gasteiger partial charge in [0.1, 0.15) is 5.03 Å². The summed E-state index contributed by atoms with van der Waals surface area (Å²) >= 11 is 1.53. The van der Waals surface area contributed by atoms with Crippen LogP contribution in [0.3, 0.4) is 0 Å². The fourth-order valence-corrected chi connectivity index (χ4v) is 2.66. The Bertz CT molecular complexity index is 699. The van der Waals surface area contributed by atoms with Crippen molar-refractivity contribution in [2.75, 3.05) is 0 Å². The third-order valence-electron chi connectivity index (χ3n) is 2.81. The highest BCUT2D eigenvalue weighted by Crippen LogP contribution is 2.38. The fraction of sp³-hybridized carbons (Fsp3) is 0.300. The smallest absolute Gasteiger partial charge is 0.200 e. The minimum Gasteiger partial charge on any atom is -0.323 e. The van der Waals surface area contributed by atoms with E-state index in [0.717, 1.165) is 10.2 Å². The van der Waals surface area contributed by atoms with Crippen molar-refractivity contribution in [3.63, 3.8) is 0 Å². The molecule has 3 aromatic rings. The van der Waals surface area contributed by atoms with E-state index in [1.54, 1.807) is 0 Å². The number of fused-ring (bicyclic) bond motifs is 1. The van der Waals surface area contributed by atoms with Gasteiger partial charge < -0.3 is 4.57 Å². The van der Waals surface area contributed by atoms with Crippen LogP contribution in [0.5, 0.6) is 0 Å². The molecule has 0 saturated heterocycles. The first kappa shape index (κ1) is 10.0. The van der Waals surface area contributed by atoms with Crippen LogP contribution in [0.15, 0.2) is 34.7 Å². The van der Waals surface area contributed by atoms with Gasteiger partial charge in [-0.05, 0) is 47.2 Å². The highest BCUT2D eigenvalue weighted by molar-refractivity contribution is 7.99. The molecular weight excluding hydrogens is 250 g/mol. The predicted octanol–water partition coefficient (Wildman–Crippen LogP) is 1.20. The highest BCUT2D eigenvalue weighted by Gasteiger charge is 2.25. The zero-order valence-corrected chi connectivity index (χ0v) is 10.2. The molecule has 3 heterocycles. The minimum atomic E-state index is 0.617. The maximum atomic E-state index is 4.37. The second-order valence-corrected chi connectivity index (χ2v) is 5.14. The van der Waals surface area contributed by atoms with E-state index in [2.05, 4.69) is 30.2 Å². The number of hydrogen-bond donors (Lipinski definition) is 0. The van der Waals surface area contributed by atoms with Gasteiger partial charge in [0.2, 0.25) is 0 Å². The van der Waals surface area contributed by atoms with Gasteiger partial charge >= 0.3 is 0 Å². The summed E-state index contributed by atoms with van der Waals surface area (Å²) in [5.41, 5.74) is 0.643. The first-order valence-electron chi connectivity index (χ1n) is 5.66. The van der Waals surface area contributed by atoms with Crippen LogP contribution in [0.4, 0.5) is 0 Å². The SMILES string of the molecule is c1cn(C2CC2)c(Sc2ccc3nnnn3n2)n1. The molecule has 4 rings (SSSR count). The molecule has 1 saturated carbocycles. The van der Waals surface area contributed by atoms with E-state index < -0.39 is 0 Å². The lowest BCUT2D eigenvalue weighted by atomic mass is 10.6.